The van der Waals surface area contributed by atoms with E-state index in [4.69, 9.17) is 14.2 Å². The first-order valence-corrected chi connectivity index (χ1v) is 11.7. The molecular weight excluding hydrogens is 398 g/mol. The molecule has 0 radical (unpaired) electrons. The zero-order valence-corrected chi connectivity index (χ0v) is 18.6. The highest BCUT2D eigenvalue weighted by Gasteiger charge is 2.55. The Kier molecular flexibility index (Phi) is 5.19. The second-order valence-corrected chi connectivity index (χ2v) is 9.62. The van der Waals surface area contributed by atoms with Crippen LogP contribution in [0.25, 0.3) is 0 Å². The zero-order chi connectivity index (χ0) is 21.9. The van der Waals surface area contributed by atoms with Crippen molar-refractivity contribution in [1.82, 2.24) is 4.90 Å². The van der Waals surface area contributed by atoms with Crippen LogP contribution in [0.5, 0.6) is 0 Å². The number of hydrogen-bond donors (Lipinski definition) is 2. The van der Waals surface area contributed by atoms with E-state index in [1.807, 2.05) is 0 Å². The number of rotatable bonds is 3. The molecule has 31 heavy (non-hydrogen) atoms. The molecule has 5 heterocycles. The number of fused-ring (bicyclic) bond motifs is 2. The summed E-state index contributed by atoms with van der Waals surface area (Å²) in [5, 5.41) is 21.0. The number of esters is 1. The van der Waals surface area contributed by atoms with Crippen molar-refractivity contribution >= 4 is 5.97 Å². The van der Waals surface area contributed by atoms with Gasteiger partial charge in [0.2, 0.25) is 5.76 Å². The number of piperidine rings is 2. The average Bonchev–Trinajstić information content (AvgIpc) is 3.22. The zero-order valence-electron chi connectivity index (χ0n) is 18.6. The molecule has 5 rings (SSSR count). The van der Waals surface area contributed by atoms with Gasteiger partial charge < -0.3 is 24.4 Å². The molecule has 0 aromatic carbocycles. The molecule has 0 saturated carbocycles. The second-order valence-electron chi connectivity index (χ2n) is 9.62. The first-order chi connectivity index (χ1) is 14.9. The van der Waals surface area contributed by atoms with Gasteiger partial charge in [-0.2, -0.15) is 0 Å². The monoisotopic (exact) mass is 431 g/mol. The number of methoxy groups -OCH3 is 1. The Balaban J connectivity index is 1.54. The van der Waals surface area contributed by atoms with Crippen LogP contribution in [0.2, 0.25) is 0 Å². The number of cyclic esters (lactones) is 1. The molecule has 2 N–H and O–H groups in total. The molecule has 0 aliphatic carbocycles. The van der Waals surface area contributed by atoms with Gasteiger partial charge in [-0.1, -0.05) is 20.3 Å². The van der Waals surface area contributed by atoms with Gasteiger partial charge in [-0.3, -0.25) is 4.90 Å². The van der Waals surface area contributed by atoms with Gasteiger partial charge in [0.05, 0.1) is 19.3 Å². The van der Waals surface area contributed by atoms with E-state index in [-0.39, 0.29) is 35.3 Å². The molecule has 7 heteroatoms. The number of aliphatic hydroxyl groups is 2. The topological polar surface area (TPSA) is 88.5 Å². The highest BCUT2D eigenvalue weighted by Crippen LogP contribution is 2.53. The summed E-state index contributed by atoms with van der Waals surface area (Å²) in [7, 11) is 1.47. The molecule has 0 bridgehead atoms. The average molecular weight is 432 g/mol. The standard InChI is InChI=1S/C24H33NO6/c1-4-24(28)11-10-14-8-9-17-19(16-6-5-7-18(24)25(14)16)13(2)20(30-17)22-21(29-3)15(12-26)23(27)31-22/h9,13-14,16,18-19,26,28H,4-8,10-12H2,1-3H3. The summed E-state index contributed by atoms with van der Waals surface area (Å²) in [5.41, 5.74) is -0.490. The summed E-state index contributed by atoms with van der Waals surface area (Å²) in [6.45, 7) is 3.78. The Labute approximate surface area is 183 Å². The predicted octanol–water partition coefficient (Wildman–Crippen LogP) is 2.74. The summed E-state index contributed by atoms with van der Waals surface area (Å²) >= 11 is 0. The number of ether oxygens (including phenoxy) is 3. The van der Waals surface area contributed by atoms with Crippen LogP contribution >= 0.6 is 0 Å². The van der Waals surface area contributed by atoms with Gasteiger partial charge in [0, 0.05) is 30.0 Å². The van der Waals surface area contributed by atoms with Crippen LogP contribution in [0.4, 0.5) is 0 Å². The first-order valence-electron chi connectivity index (χ1n) is 11.7. The van der Waals surface area contributed by atoms with Crippen molar-refractivity contribution in [3.63, 3.8) is 0 Å². The van der Waals surface area contributed by atoms with E-state index in [0.29, 0.717) is 17.6 Å². The van der Waals surface area contributed by atoms with E-state index in [1.165, 1.54) is 7.11 Å². The largest absolute Gasteiger partial charge is 0.492 e. The van der Waals surface area contributed by atoms with Crippen molar-refractivity contribution in [2.24, 2.45) is 11.8 Å². The van der Waals surface area contributed by atoms with Crippen LogP contribution in [0.15, 0.2) is 34.7 Å². The number of carbonyl (C=O) groups excluding carboxylic acids is 1. The maximum atomic E-state index is 12.2. The fourth-order valence-electron chi connectivity index (χ4n) is 6.72. The molecule has 5 aliphatic rings. The maximum Gasteiger partial charge on any atom is 0.345 e. The SMILES string of the molecule is CCC1(O)CCC2CC=C3OC(=C4OC(=O)C(CO)=C4OC)C(C)C3C3CCCC1N23. The number of hydrogen-bond acceptors (Lipinski definition) is 7. The smallest absolute Gasteiger partial charge is 0.345 e. The van der Waals surface area contributed by atoms with Crippen LogP contribution in [-0.2, 0) is 19.0 Å². The first kappa shape index (κ1) is 21.0. The molecule has 170 valence electrons. The van der Waals surface area contributed by atoms with Crippen molar-refractivity contribution in [1.29, 1.82) is 0 Å². The van der Waals surface area contributed by atoms with Crippen LogP contribution < -0.4 is 0 Å². The van der Waals surface area contributed by atoms with E-state index in [9.17, 15) is 15.0 Å². The van der Waals surface area contributed by atoms with Gasteiger partial charge in [-0.05, 0) is 44.6 Å². The lowest BCUT2D eigenvalue weighted by molar-refractivity contribution is -0.140. The van der Waals surface area contributed by atoms with Crippen molar-refractivity contribution in [3.8, 4) is 0 Å². The Morgan fingerprint density at radius 1 is 1.29 bits per heavy atom. The number of aliphatic hydroxyl groups excluding tert-OH is 1. The lowest BCUT2D eigenvalue weighted by Crippen LogP contribution is -2.65. The fraction of sp³-hybridized carbons (Fsp3) is 0.708. The molecule has 5 aliphatic heterocycles. The number of allylic oxidation sites excluding steroid dienone is 1. The van der Waals surface area contributed by atoms with Crippen LogP contribution in [0.3, 0.4) is 0 Å². The van der Waals surface area contributed by atoms with Gasteiger partial charge in [0.1, 0.15) is 11.3 Å². The van der Waals surface area contributed by atoms with Gasteiger partial charge >= 0.3 is 5.97 Å². The summed E-state index contributed by atoms with van der Waals surface area (Å²) in [6, 6.07) is 0.909. The summed E-state index contributed by atoms with van der Waals surface area (Å²) in [4.78, 5) is 14.8. The third-order valence-electron chi connectivity index (χ3n) is 8.31. The third kappa shape index (κ3) is 3.00. The Hall–Kier alpha value is -1.83. The molecule has 6 atom stereocenters. The highest BCUT2D eigenvalue weighted by atomic mass is 16.6. The second kappa shape index (κ2) is 7.64. The molecule has 0 aromatic rings. The van der Waals surface area contributed by atoms with Gasteiger partial charge in [-0.25, -0.2) is 4.79 Å². The third-order valence-corrected chi connectivity index (χ3v) is 8.31. The van der Waals surface area contributed by atoms with Crippen molar-refractivity contribution in [3.05, 3.63) is 34.7 Å². The summed E-state index contributed by atoms with van der Waals surface area (Å²) in [5.74, 6) is 1.67. The predicted molar refractivity (Wildman–Crippen MR) is 112 cm³/mol. The van der Waals surface area contributed by atoms with E-state index < -0.39 is 18.2 Å². The van der Waals surface area contributed by atoms with Crippen molar-refractivity contribution < 1.29 is 29.2 Å². The fourth-order valence-corrected chi connectivity index (χ4v) is 6.72. The maximum absolute atomic E-state index is 12.2. The summed E-state index contributed by atoms with van der Waals surface area (Å²) in [6.07, 6.45) is 8.97. The van der Waals surface area contributed by atoms with E-state index >= 15 is 0 Å². The van der Waals surface area contributed by atoms with Crippen LogP contribution in [0.1, 0.15) is 58.8 Å². The van der Waals surface area contributed by atoms with Crippen molar-refractivity contribution in [2.75, 3.05) is 13.7 Å². The Morgan fingerprint density at radius 2 is 2.10 bits per heavy atom. The highest BCUT2D eigenvalue weighted by molar-refractivity contribution is 5.94. The molecule has 0 spiro atoms. The van der Waals surface area contributed by atoms with E-state index in [1.54, 1.807) is 0 Å². The molecule has 0 aromatic heterocycles. The molecule has 6 unspecified atom stereocenters. The van der Waals surface area contributed by atoms with Gasteiger partial charge in [0.25, 0.3) is 0 Å². The number of nitrogens with zero attached hydrogens (tertiary/aromatic N) is 1. The molecule has 3 fully saturated rings. The van der Waals surface area contributed by atoms with Crippen LogP contribution in [-0.4, -0.2) is 58.5 Å². The molecule has 7 nitrogen and oxygen atoms in total. The van der Waals surface area contributed by atoms with Gasteiger partial charge in [0.15, 0.2) is 11.5 Å². The number of carbonyl (C=O) groups is 1. The van der Waals surface area contributed by atoms with Crippen LogP contribution in [0, 0.1) is 11.8 Å². The summed E-state index contributed by atoms with van der Waals surface area (Å²) < 4.78 is 17.3. The normalized spacial score (nSPS) is 42.4. The minimum atomic E-state index is -0.618. The molecule has 3 saturated heterocycles. The van der Waals surface area contributed by atoms with E-state index in [2.05, 4.69) is 24.8 Å². The quantitative estimate of drug-likeness (QED) is 0.664. The lowest BCUT2D eigenvalue weighted by atomic mass is 9.71. The van der Waals surface area contributed by atoms with Crippen molar-refractivity contribution in [2.45, 2.75) is 82.5 Å². The Morgan fingerprint density at radius 3 is 2.81 bits per heavy atom. The van der Waals surface area contributed by atoms with E-state index in [0.717, 1.165) is 50.7 Å². The van der Waals surface area contributed by atoms with Gasteiger partial charge in [-0.15, -0.1) is 0 Å². The minimum Gasteiger partial charge on any atom is -0.492 e. The molecular formula is C24H33NO6. The Bertz CT molecular complexity index is 875. The minimum absolute atomic E-state index is 0.00334. The lowest BCUT2D eigenvalue weighted by Gasteiger charge is -2.56. The molecule has 0 amide bonds.